The van der Waals surface area contributed by atoms with Gasteiger partial charge in [0.05, 0.1) is 28.8 Å². The summed E-state index contributed by atoms with van der Waals surface area (Å²) in [6.07, 6.45) is -1.46. The molecule has 88 valence electrons. The highest BCUT2D eigenvalue weighted by atomic mass is 35.5. The minimum atomic E-state index is -1.46. The minimum absolute atomic E-state index is 0.244. The summed E-state index contributed by atoms with van der Waals surface area (Å²) in [5.74, 6) is 0. The van der Waals surface area contributed by atoms with Crippen LogP contribution in [0.15, 0.2) is 29.6 Å². The fraction of sp³-hybridized carbons (Fsp3) is 0.200. The third-order valence-electron chi connectivity index (χ3n) is 2.05. The number of rotatable bonds is 4. The van der Waals surface area contributed by atoms with Gasteiger partial charge >= 0.3 is 6.09 Å². The third kappa shape index (κ3) is 3.43. The van der Waals surface area contributed by atoms with Gasteiger partial charge in [0.2, 0.25) is 0 Å². The number of nitroso groups, excluding NO2 is 1. The number of hydrogen-bond donors (Lipinski definition) is 1. The molecule has 7 heteroatoms. The Labute approximate surface area is 102 Å². The lowest BCUT2D eigenvalue weighted by atomic mass is 10.1. The van der Waals surface area contributed by atoms with Crippen molar-refractivity contribution >= 4 is 17.7 Å². The van der Waals surface area contributed by atoms with E-state index in [1.165, 1.54) is 0 Å². The summed E-state index contributed by atoms with van der Waals surface area (Å²) in [4.78, 5) is 20.7. The van der Waals surface area contributed by atoms with Crippen LogP contribution >= 0.6 is 11.6 Å². The molecule has 1 aromatic rings. The molecule has 0 aliphatic heterocycles. The van der Waals surface area contributed by atoms with Crippen LogP contribution in [0.1, 0.15) is 16.5 Å². The van der Waals surface area contributed by atoms with Gasteiger partial charge in [-0.05, 0) is 17.7 Å². The number of nitriles is 1. The summed E-state index contributed by atoms with van der Waals surface area (Å²) < 4.78 is 0. The smallest absolute Gasteiger partial charge is 0.430 e. The quantitative estimate of drug-likeness (QED) is 0.507. The van der Waals surface area contributed by atoms with Crippen molar-refractivity contribution in [2.24, 2.45) is 5.29 Å². The van der Waals surface area contributed by atoms with E-state index in [0.29, 0.717) is 16.1 Å². The number of halogens is 1. The summed E-state index contributed by atoms with van der Waals surface area (Å²) in [5, 5.41) is 19.1. The molecule has 1 rings (SSSR count). The summed E-state index contributed by atoms with van der Waals surface area (Å²) in [6.45, 7) is -0.244. The standard InChI is InChI=1S/C10H8ClN3O3/c11-9(6-14(13-17)10(15)16)8-3-1-7(5-12)2-4-8/h1-4,9H,6H2,(H,15,16). The molecule has 0 saturated carbocycles. The number of benzene rings is 1. The van der Waals surface area contributed by atoms with Crippen LogP contribution in [0.25, 0.3) is 0 Å². The molecule has 0 radical (unpaired) electrons. The number of carbonyl (C=O) groups is 1. The zero-order valence-corrected chi connectivity index (χ0v) is 9.33. The average molecular weight is 254 g/mol. The summed E-state index contributed by atoms with van der Waals surface area (Å²) in [7, 11) is 0. The van der Waals surface area contributed by atoms with Crippen LogP contribution in [0.3, 0.4) is 0 Å². The maximum absolute atomic E-state index is 10.5. The first-order valence-electron chi connectivity index (χ1n) is 4.56. The molecular formula is C10H8ClN3O3. The van der Waals surface area contributed by atoms with Crippen molar-refractivity contribution in [1.82, 2.24) is 5.01 Å². The lowest BCUT2D eigenvalue weighted by Crippen LogP contribution is -2.26. The number of hydrogen-bond acceptors (Lipinski definition) is 4. The largest absolute Gasteiger partial charge is 0.464 e. The van der Waals surface area contributed by atoms with Crippen molar-refractivity contribution in [2.75, 3.05) is 6.54 Å². The molecule has 1 amide bonds. The Bertz CT molecular complexity index is 455. The van der Waals surface area contributed by atoms with Crippen molar-refractivity contribution in [1.29, 1.82) is 5.26 Å². The van der Waals surface area contributed by atoms with Gasteiger partial charge in [0.15, 0.2) is 0 Å². The molecule has 1 unspecified atom stereocenters. The first kappa shape index (κ1) is 12.9. The minimum Gasteiger partial charge on any atom is -0.464 e. The van der Waals surface area contributed by atoms with E-state index < -0.39 is 11.5 Å². The van der Waals surface area contributed by atoms with Crippen LogP contribution in [0.5, 0.6) is 0 Å². The van der Waals surface area contributed by atoms with E-state index in [4.69, 9.17) is 22.0 Å². The molecule has 0 aliphatic rings. The fourth-order valence-electron chi connectivity index (χ4n) is 1.17. The lowest BCUT2D eigenvalue weighted by Gasteiger charge is -2.14. The van der Waals surface area contributed by atoms with Crippen LogP contribution in [0, 0.1) is 16.2 Å². The van der Waals surface area contributed by atoms with Crippen molar-refractivity contribution in [3.05, 3.63) is 40.3 Å². The van der Waals surface area contributed by atoms with Crippen LogP contribution < -0.4 is 0 Å². The molecule has 0 aliphatic carbocycles. The van der Waals surface area contributed by atoms with E-state index in [0.717, 1.165) is 0 Å². The summed E-state index contributed by atoms with van der Waals surface area (Å²) >= 11 is 5.93. The highest BCUT2D eigenvalue weighted by Crippen LogP contribution is 2.22. The molecule has 0 bridgehead atoms. The Morgan fingerprint density at radius 3 is 2.53 bits per heavy atom. The van der Waals surface area contributed by atoms with Crippen molar-refractivity contribution in [2.45, 2.75) is 5.38 Å². The van der Waals surface area contributed by atoms with E-state index in [1.54, 1.807) is 24.3 Å². The highest BCUT2D eigenvalue weighted by molar-refractivity contribution is 6.21. The Kier molecular flexibility index (Phi) is 4.43. The van der Waals surface area contributed by atoms with E-state index in [2.05, 4.69) is 5.29 Å². The number of amides is 1. The van der Waals surface area contributed by atoms with Gasteiger partial charge in [-0.1, -0.05) is 12.1 Å². The third-order valence-corrected chi connectivity index (χ3v) is 2.44. The number of carboxylic acid groups (broad SMARTS) is 1. The average Bonchev–Trinajstić information content (AvgIpc) is 2.35. The van der Waals surface area contributed by atoms with Crippen LogP contribution in [0.4, 0.5) is 4.79 Å². The van der Waals surface area contributed by atoms with Crippen LogP contribution in [-0.4, -0.2) is 22.8 Å². The van der Waals surface area contributed by atoms with Gasteiger partial charge < -0.3 is 5.11 Å². The Morgan fingerprint density at radius 1 is 1.53 bits per heavy atom. The topological polar surface area (TPSA) is 93.8 Å². The number of nitrogens with zero attached hydrogens (tertiary/aromatic N) is 3. The van der Waals surface area contributed by atoms with Crippen molar-refractivity contribution < 1.29 is 9.90 Å². The molecule has 1 atom stereocenters. The van der Waals surface area contributed by atoms with Gasteiger partial charge in [-0.2, -0.15) is 10.3 Å². The predicted octanol–water partition coefficient (Wildman–Crippen LogP) is 2.50. The zero-order chi connectivity index (χ0) is 12.8. The van der Waals surface area contributed by atoms with Gasteiger partial charge in [-0.15, -0.1) is 16.5 Å². The number of alkyl halides is 1. The van der Waals surface area contributed by atoms with E-state index in [-0.39, 0.29) is 6.54 Å². The molecule has 17 heavy (non-hydrogen) atoms. The normalized spacial score (nSPS) is 11.3. The van der Waals surface area contributed by atoms with Gasteiger partial charge in [0, 0.05) is 0 Å². The van der Waals surface area contributed by atoms with Crippen molar-refractivity contribution in [3.8, 4) is 6.07 Å². The molecular weight excluding hydrogens is 246 g/mol. The van der Waals surface area contributed by atoms with Gasteiger partial charge in [-0.25, -0.2) is 4.79 Å². The van der Waals surface area contributed by atoms with Gasteiger partial charge in [-0.3, -0.25) is 0 Å². The SMILES string of the molecule is N#Cc1ccc(C(Cl)CN(N=O)C(=O)O)cc1. The predicted molar refractivity (Wildman–Crippen MR) is 60.3 cm³/mol. The highest BCUT2D eigenvalue weighted by Gasteiger charge is 2.18. The molecule has 0 aromatic heterocycles. The van der Waals surface area contributed by atoms with Gasteiger partial charge in [0.25, 0.3) is 0 Å². The van der Waals surface area contributed by atoms with E-state index in [1.807, 2.05) is 6.07 Å². The molecule has 0 fully saturated rings. The van der Waals surface area contributed by atoms with Crippen LogP contribution in [0.2, 0.25) is 0 Å². The molecule has 0 spiro atoms. The van der Waals surface area contributed by atoms with E-state index in [9.17, 15) is 9.70 Å². The second kappa shape index (κ2) is 5.82. The Balaban J connectivity index is 2.75. The second-order valence-corrected chi connectivity index (χ2v) is 3.67. The molecule has 1 N–H and O–H groups in total. The Hall–Kier alpha value is -2.13. The second-order valence-electron chi connectivity index (χ2n) is 3.15. The molecule has 0 heterocycles. The molecule has 1 aromatic carbocycles. The molecule has 0 saturated heterocycles. The van der Waals surface area contributed by atoms with Gasteiger partial charge in [0.1, 0.15) is 0 Å². The summed E-state index contributed by atoms with van der Waals surface area (Å²) in [6, 6.07) is 8.26. The first-order chi connectivity index (χ1) is 8.08. The maximum Gasteiger partial charge on any atom is 0.430 e. The molecule has 6 nitrogen and oxygen atoms in total. The monoisotopic (exact) mass is 253 g/mol. The maximum atomic E-state index is 10.5. The van der Waals surface area contributed by atoms with E-state index >= 15 is 0 Å². The lowest BCUT2D eigenvalue weighted by molar-refractivity contribution is 0.146. The zero-order valence-electron chi connectivity index (χ0n) is 8.58. The fourth-order valence-corrected chi connectivity index (χ4v) is 1.45. The van der Waals surface area contributed by atoms with Crippen LogP contribution in [-0.2, 0) is 0 Å². The first-order valence-corrected chi connectivity index (χ1v) is 5.00. The summed E-state index contributed by atoms with van der Waals surface area (Å²) in [5.41, 5.74) is 1.08. The van der Waals surface area contributed by atoms with Crippen molar-refractivity contribution in [3.63, 3.8) is 0 Å². The Morgan fingerprint density at radius 2 is 2.12 bits per heavy atom.